The van der Waals surface area contributed by atoms with Crippen LogP contribution in [0.15, 0.2) is 29.1 Å². The van der Waals surface area contributed by atoms with Crippen LogP contribution in [0.1, 0.15) is 50.8 Å². The lowest BCUT2D eigenvalue weighted by molar-refractivity contribution is -0.172. The van der Waals surface area contributed by atoms with Crippen molar-refractivity contribution in [2.75, 3.05) is 24.9 Å². The van der Waals surface area contributed by atoms with Gasteiger partial charge in [-0.1, -0.05) is 6.92 Å². The zero-order chi connectivity index (χ0) is 31.5. The Kier molecular flexibility index (Phi) is 7.47. The Hall–Kier alpha value is -4.08. The molecule has 230 valence electrons. The number of cyclic esters (lactones) is 1. The number of carbonyl (C=O) groups is 2. The molecular weight excluding hydrogens is 585 g/mol. The molecule has 13 nitrogen and oxygen atoms in total. The molecule has 0 saturated carbocycles. The summed E-state index contributed by atoms with van der Waals surface area (Å²) >= 11 is 0. The average molecular weight is 618 g/mol. The molecule has 15 heteroatoms. The van der Waals surface area contributed by atoms with Gasteiger partial charge >= 0.3 is 12.1 Å². The number of amides is 1. The number of benzene rings is 1. The van der Waals surface area contributed by atoms with Crippen LogP contribution in [-0.4, -0.2) is 65.8 Å². The Morgan fingerprint density at radius 1 is 1.26 bits per heavy atom. The summed E-state index contributed by atoms with van der Waals surface area (Å²) in [6, 6.07) is 5.60. The number of halogens is 1. The van der Waals surface area contributed by atoms with E-state index in [4.69, 9.17) is 9.47 Å². The van der Waals surface area contributed by atoms with Gasteiger partial charge in [0.25, 0.3) is 15.8 Å². The molecule has 43 heavy (non-hydrogen) atoms. The van der Waals surface area contributed by atoms with Crippen LogP contribution in [0.2, 0.25) is 0 Å². The Labute approximate surface area is 246 Å². The van der Waals surface area contributed by atoms with E-state index in [-0.39, 0.29) is 55.0 Å². The van der Waals surface area contributed by atoms with Crippen LogP contribution < -0.4 is 15.0 Å². The van der Waals surface area contributed by atoms with Gasteiger partial charge in [0.1, 0.15) is 18.0 Å². The highest BCUT2D eigenvalue weighted by atomic mass is 32.2. The normalized spacial score (nSPS) is 17.6. The van der Waals surface area contributed by atoms with Crippen molar-refractivity contribution in [2.45, 2.75) is 58.5 Å². The van der Waals surface area contributed by atoms with Crippen molar-refractivity contribution < 1.29 is 37.0 Å². The minimum Gasteiger partial charge on any atom is -0.458 e. The quantitative estimate of drug-likeness (QED) is 0.264. The van der Waals surface area contributed by atoms with E-state index < -0.39 is 44.9 Å². The number of likely N-dealkylation sites (N-methyl/N-ethyl adjacent to an activating group) is 1. The maximum Gasteiger partial charge on any atom is 0.410 e. The molecule has 1 atom stereocenters. The van der Waals surface area contributed by atoms with E-state index in [0.717, 1.165) is 6.07 Å². The first-order chi connectivity index (χ1) is 20.0. The smallest absolute Gasteiger partial charge is 0.410 e. The van der Waals surface area contributed by atoms with Gasteiger partial charge in [0, 0.05) is 42.7 Å². The number of anilines is 1. The van der Waals surface area contributed by atoms with Gasteiger partial charge in [0.2, 0.25) is 0 Å². The molecule has 2 aliphatic heterocycles. The number of ether oxygens (including phenoxy) is 2. The lowest BCUT2D eigenvalue weighted by atomic mass is 9.86. The molecule has 0 radical (unpaired) electrons. The summed E-state index contributed by atoms with van der Waals surface area (Å²) in [7, 11) is -2.76. The van der Waals surface area contributed by atoms with E-state index in [0.29, 0.717) is 22.3 Å². The number of hydrogen-bond acceptors (Lipinski definition) is 9. The predicted molar refractivity (Wildman–Crippen MR) is 154 cm³/mol. The van der Waals surface area contributed by atoms with Crippen LogP contribution in [0, 0.1) is 5.82 Å². The fraction of sp³-hybridized carbons (Fsp3) is 0.429. The summed E-state index contributed by atoms with van der Waals surface area (Å²) < 4.78 is 56.5. The van der Waals surface area contributed by atoms with Gasteiger partial charge in [-0.25, -0.2) is 19.0 Å². The fourth-order valence-corrected chi connectivity index (χ4v) is 5.92. The van der Waals surface area contributed by atoms with Crippen LogP contribution >= 0.6 is 0 Å². The topological polar surface area (TPSA) is 169 Å². The van der Waals surface area contributed by atoms with E-state index in [2.05, 4.69) is 14.4 Å². The maximum atomic E-state index is 15.1. The van der Waals surface area contributed by atoms with E-state index >= 15 is 4.39 Å². The number of rotatable bonds is 7. The molecule has 0 fully saturated rings. The monoisotopic (exact) mass is 617 g/mol. The summed E-state index contributed by atoms with van der Waals surface area (Å²) in [5, 5.41) is 11.4. The lowest BCUT2D eigenvalue weighted by Crippen LogP contribution is -2.44. The highest BCUT2D eigenvalue weighted by Crippen LogP contribution is 2.39. The third-order valence-corrected chi connectivity index (χ3v) is 8.36. The second-order valence-corrected chi connectivity index (χ2v) is 13.0. The zero-order valence-electron chi connectivity index (χ0n) is 24.3. The van der Waals surface area contributed by atoms with E-state index in [1.807, 2.05) is 0 Å². The van der Waals surface area contributed by atoms with Crippen molar-refractivity contribution in [2.24, 2.45) is 0 Å². The molecule has 2 aromatic heterocycles. The van der Waals surface area contributed by atoms with Crippen LogP contribution in [0.3, 0.4) is 0 Å². The summed E-state index contributed by atoms with van der Waals surface area (Å²) in [6.45, 7) is 6.46. The van der Waals surface area contributed by atoms with Crippen molar-refractivity contribution in [1.29, 1.82) is 0 Å². The number of aromatic nitrogens is 2. The van der Waals surface area contributed by atoms with Crippen LogP contribution in [-0.2, 0) is 43.2 Å². The van der Waals surface area contributed by atoms with Gasteiger partial charge in [0.15, 0.2) is 5.60 Å². The van der Waals surface area contributed by atoms with Crippen molar-refractivity contribution in [3.05, 3.63) is 57.1 Å². The highest BCUT2D eigenvalue weighted by molar-refractivity contribution is 7.90. The molecule has 5 rings (SSSR count). The van der Waals surface area contributed by atoms with Crippen LogP contribution in [0.4, 0.5) is 14.9 Å². The SMILES string of the molecule is CC[C@@]1(O)C(=O)OCc2c1cc1n(c2=O)Cc2cc3cc(NS(=O)(=O)NCCN(C)C(=O)OC(C)(C)C)c(F)cc3nc2-1. The first kappa shape index (κ1) is 30.4. The molecule has 2 aliphatic rings. The van der Waals surface area contributed by atoms with Gasteiger partial charge in [0.05, 0.1) is 34.7 Å². The van der Waals surface area contributed by atoms with Crippen LogP contribution in [0.25, 0.3) is 22.3 Å². The molecule has 4 heterocycles. The van der Waals surface area contributed by atoms with Gasteiger partial charge in [-0.2, -0.15) is 13.1 Å². The Morgan fingerprint density at radius 2 is 1.98 bits per heavy atom. The fourth-order valence-electron chi connectivity index (χ4n) is 5.04. The van der Waals surface area contributed by atoms with Gasteiger partial charge in [-0.05, 0) is 45.4 Å². The van der Waals surface area contributed by atoms with Crippen LogP contribution in [0.5, 0.6) is 0 Å². The summed E-state index contributed by atoms with van der Waals surface area (Å²) in [4.78, 5) is 43.5. The largest absolute Gasteiger partial charge is 0.458 e. The van der Waals surface area contributed by atoms with Gasteiger partial charge < -0.3 is 24.0 Å². The molecule has 3 aromatic rings. The Bertz CT molecular complexity index is 1840. The molecule has 0 spiro atoms. The summed E-state index contributed by atoms with van der Waals surface area (Å²) in [5.41, 5.74) is -1.52. The number of nitrogens with one attached hydrogen (secondary N) is 2. The number of fused-ring (bicyclic) bond motifs is 5. The van der Waals surface area contributed by atoms with Crippen molar-refractivity contribution >= 4 is 38.9 Å². The molecule has 0 unspecified atom stereocenters. The molecule has 0 aliphatic carbocycles. The second-order valence-electron chi connectivity index (χ2n) is 11.5. The number of esters is 1. The number of nitrogens with zero attached hydrogens (tertiary/aromatic N) is 3. The van der Waals surface area contributed by atoms with Crippen molar-refractivity contribution in [3.63, 3.8) is 0 Å². The molecule has 1 amide bonds. The Morgan fingerprint density at radius 3 is 2.65 bits per heavy atom. The lowest BCUT2D eigenvalue weighted by Gasteiger charge is -2.31. The van der Waals surface area contributed by atoms with E-state index in [1.54, 1.807) is 39.8 Å². The summed E-state index contributed by atoms with van der Waals surface area (Å²) in [6.07, 6.45) is -0.619. The minimum atomic E-state index is -4.22. The third-order valence-electron chi connectivity index (χ3n) is 7.29. The minimum absolute atomic E-state index is 0.00106. The van der Waals surface area contributed by atoms with Gasteiger partial charge in [-0.15, -0.1) is 0 Å². The van der Waals surface area contributed by atoms with Crippen molar-refractivity contribution in [1.82, 2.24) is 19.2 Å². The average Bonchev–Trinajstić information content (AvgIpc) is 3.26. The van der Waals surface area contributed by atoms with E-state index in [9.17, 15) is 27.9 Å². The first-order valence-electron chi connectivity index (χ1n) is 13.5. The van der Waals surface area contributed by atoms with Crippen molar-refractivity contribution in [3.8, 4) is 11.4 Å². The van der Waals surface area contributed by atoms with E-state index in [1.165, 1.54) is 22.6 Å². The molecule has 1 aromatic carbocycles. The predicted octanol–water partition coefficient (Wildman–Crippen LogP) is 2.33. The molecular formula is C28H32FN5O8S. The third kappa shape index (κ3) is 5.67. The number of aliphatic hydroxyl groups is 1. The zero-order valence-corrected chi connectivity index (χ0v) is 25.1. The molecule has 0 saturated heterocycles. The highest BCUT2D eigenvalue weighted by Gasteiger charge is 2.45. The number of carbonyl (C=O) groups excluding carboxylic acids is 2. The number of hydrogen-bond donors (Lipinski definition) is 3. The van der Waals surface area contributed by atoms with Gasteiger partial charge in [-0.3, -0.25) is 9.52 Å². The summed E-state index contributed by atoms with van der Waals surface area (Å²) in [5.74, 6) is -1.72. The number of pyridine rings is 2. The standard InChI is InChI=1S/C28H32FN5O8S/c1-6-28(38)18-11-22-23-16(13-34(22)24(35)17(18)14-41-25(28)36)9-15-10-21(19(29)12-20(15)31-23)32-43(39,40)30-7-8-33(5)26(37)42-27(2,3)4/h9-12,30,32,38H,6-8,13-14H2,1-5H3/t28-/m0/s1. The Balaban J connectivity index is 1.38. The molecule has 0 bridgehead atoms. The maximum absolute atomic E-state index is 15.1. The second kappa shape index (κ2) is 10.6. The first-order valence-corrected chi connectivity index (χ1v) is 15.0. The molecule has 3 N–H and O–H groups in total.